The molecule has 0 aliphatic carbocycles. The Kier molecular flexibility index (Phi) is 8.66. The molecule has 0 unspecified atom stereocenters. The van der Waals surface area contributed by atoms with Gasteiger partial charge in [-0.15, -0.1) is 12.4 Å². The minimum atomic E-state index is -0.0772. The van der Waals surface area contributed by atoms with Crippen molar-refractivity contribution in [3.05, 3.63) is 29.8 Å². The lowest BCUT2D eigenvalue weighted by Gasteiger charge is -2.23. The van der Waals surface area contributed by atoms with Crippen LogP contribution in [0.5, 0.6) is 0 Å². The molecule has 0 radical (unpaired) electrons. The van der Waals surface area contributed by atoms with Crippen molar-refractivity contribution in [3.63, 3.8) is 0 Å². The summed E-state index contributed by atoms with van der Waals surface area (Å²) < 4.78 is 0. The van der Waals surface area contributed by atoms with E-state index >= 15 is 0 Å². The maximum Gasteiger partial charge on any atom is 0.255 e. The van der Waals surface area contributed by atoms with E-state index in [-0.39, 0.29) is 24.2 Å². The number of rotatable bonds is 6. The summed E-state index contributed by atoms with van der Waals surface area (Å²) in [6.45, 7) is 3.16. The number of benzene rings is 1. The molecule has 1 aromatic carbocycles. The van der Waals surface area contributed by atoms with Gasteiger partial charge in [0.05, 0.1) is 11.3 Å². The van der Waals surface area contributed by atoms with E-state index in [9.17, 15) is 9.59 Å². The second-order valence-electron chi connectivity index (χ2n) is 4.65. The summed E-state index contributed by atoms with van der Waals surface area (Å²) in [5, 5.41) is 3.01. The summed E-state index contributed by atoms with van der Waals surface area (Å²) in [4.78, 5) is 27.5. The van der Waals surface area contributed by atoms with Crippen molar-refractivity contribution in [3.8, 4) is 0 Å². The third kappa shape index (κ3) is 5.02. The van der Waals surface area contributed by atoms with Crippen LogP contribution in [0.3, 0.4) is 0 Å². The standard InChI is InChI=1S/C15H23N3O2.ClH/c1-5-14(19)18(4)13-9-7-6-8-12(13)15(20)17(3)11-10-16-2;/h6-9,16H,5,10-11H2,1-4H3;1H. The third-order valence-corrected chi connectivity index (χ3v) is 3.22. The summed E-state index contributed by atoms with van der Waals surface area (Å²) in [7, 11) is 5.31. The van der Waals surface area contributed by atoms with Gasteiger partial charge in [-0.2, -0.15) is 0 Å². The van der Waals surface area contributed by atoms with Gasteiger partial charge < -0.3 is 15.1 Å². The molecule has 5 nitrogen and oxygen atoms in total. The molecule has 1 aromatic rings. The van der Waals surface area contributed by atoms with Gasteiger partial charge in [-0.25, -0.2) is 0 Å². The van der Waals surface area contributed by atoms with Crippen molar-refractivity contribution in [1.82, 2.24) is 10.2 Å². The topological polar surface area (TPSA) is 52.7 Å². The first-order chi connectivity index (χ1) is 9.52. The predicted octanol–water partition coefficient (Wildman–Crippen LogP) is 1.77. The number of para-hydroxylation sites is 1. The second-order valence-corrected chi connectivity index (χ2v) is 4.65. The number of anilines is 1. The van der Waals surface area contributed by atoms with E-state index in [1.165, 1.54) is 0 Å². The number of halogens is 1. The smallest absolute Gasteiger partial charge is 0.255 e. The Morgan fingerprint density at radius 2 is 1.81 bits per heavy atom. The number of carbonyl (C=O) groups excluding carboxylic acids is 2. The average molecular weight is 314 g/mol. The van der Waals surface area contributed by atoms with Gasteiger partial charge in [0.15, 0.2) is 0 Å². The molecule has 21 heavy (non-hydrogen) atoms. The highest BCUT2D eigenvalue weighted by atomic mass is 35.5. The van der Waals surface area contributed by atoms with E-state index in [1.54, 1.807) is 36.0 Å². The number of hydrogen-bond donors (Lipinski definition) is 1. The molecule has 0 saturated heterocycles. The SMILES string of the molecule is CCC(=O)N(C)c1ccccc1C(=O)N(C)CCNC.Cl. The zero-order valence-electron chi connectivity index (χ0n) is 13.0. The number of nitrogens with zero attached hydrogens (tertiary/aromatic N) is 2. The summed E-state index contributed by atoms with van der Waals surface area (Å²) >= 11 is 0. The lowest BCUT2D eigenvalue weighted by molar-refractivity contribution is -0.118. The molecule has 2 amide bonds. The monoisotopic (exact) mass is 313 g/mol. The van der Waals surface area contributed by atoms with Gasteiger partial charge in [-0.05, 0) is 19.2 Å². The van der Waals surface area contributed by atoms with Crippen LogP contribution in [0.15, 0.2) is 24.3 Å². The van der Waals surface area contributed by atoms with Gasteiger partial charge in [0.2, 0.25) is 5.91 Å². The number of carbonyl (C=O) groups is 2. The fourth-order valence-corrected chi connectivity index (χ4v) is 1.91. The average Bonchev–Trinajstić information content (AvgIpc) is 2.50. The summed E-state index contributed by atoms with van der Waals surface area (Å²) in [5.74, 6) is -0.0882. The first kappa shape index (κ1) is 19.4. The molecule has 0 aliphatic heterocycles. The minimum absolute atomic E-state index is 0. The number of amides is 2. The van der Waals surface area contributed by atoms with Crippen LogP contribution in [-0.4, -0.2) is 50.9 Å². The van der Waals surface area contributed by atoms with Crippen molar-refractivity contribution in [2.75, 3.05) is 39.1 Å². The van der Waals surface area contributed by atoms with E-state index in [1.807, 2.05) is 26.1 Å². The van der Waals surface area contributed by atoms with Gasteiger partial charge in [-0.3, -0.25) is 9.59 Å². The van der Waals surface area contributed by atoms with E-state index in [2.05, 4.69) is 5.32 Å². The van der Waals surface area contributed by atoms with Gasteiger partial charge >= 0.3 is 0 Å². The Hall–Kier alpha value is -1.59. The van der Waals surface area contributed by atoms with Crippen LogP contribution in [0, 0.1) is 0 Å². The molecule has 118 valence electrons. The summed E-state index contributed by atoms with van der Waals surface area (Å²) in [6, 6.07) is 7.20. The Bertz CT molecular complexity index is 480. The van der Waals surface area contributed by atoms with Crippen molar-refractivity contribution < 1.29 is 9.59 Å². The van der Waals surface area contributed by atoms with Crippen molar-refractivity contribution >= 4 is 29.9 Å². The van der Waals surface area contributed by atoms with E-state index in [0.29, 0.717) is 24.2 Å². The Labute approximate surface area is 132 Å². The predicted molar refractivity (Wildman–Crippen MR) is 88.3 cm³/mol. The molecule has 1 N–H and O–H groups in total. The van der Waals surface area contributed by atoms with Crippen LogP contribution in [0.1, 0.15) is 23.7 Å². The Morgan fingerprint density at radius 3 is 2.38 bits per heavy atom. The molecule has 1 rings (SSSR count). The highest BCUT2D eigenvalue weighted by Crippen LogP contribution is 2.21. The highest BCUT2D eigenvalue weighted by Gasteiger charge is 2.19. The van der Waals surface area contributed by atoms with Crippen molar-refractivity contribution in [1.29, 1.82) is 0 Å². The van der Waals surface area contributed by atoms with Crippen molar-refractivity contribution in [2.45, 2.75) is 13.3 Å². The molecule has 0 aliphatic rings. The van der Waals surface area contributed by atoms with E-state index in [4.69, 9.17) is 0 Å². The van der Waals surface area contributed by atoms with Gasteiger partial charge in [-0.1, -0.05) is 19.1 Å². The molecule has 0 atom stereocenters. The second kappa shape index (κ2) is 9.37. The fraction of sp³-hybridized carbons (Fsp3) is 0.467. The van der Waals surface area contributed by atoms with Gasteiger partial charge in [0.1, 0.15) is 0 Å². The number of nitrogens with one attached hydrogen (secondary N) is 1. The maximum atomic E-state index is 12.4. The molecule has 0 spiro atoms. The lowest BCUT2D eigenvalue weighted by atomic mass is 10.1. The zero-order chi connectivity index (χ0) is 15.1. The number of hydrogen-bond acceptors (Lipinski definition) is 3. The molecule has 0 bridgehead atoms. The van der Waals surface area contributed by atoms with Crippen LogP contribution in [0.2, 0.25) is 0 Å². The van der Waals surface area contributed by atoms with Gasteiger partial charge in [0, 0.05) is 33.6 Å². The molecular weight excluding hydrogens is 290 g/mol. The molecule has 6 heteroatoms. The zero-order valence-corrected chi connectivity index (χ0v) is 13.9. The number of likely N-dealkylation sites (N-methyl/N-ethyl adjacent to an activating group) is 2. The summed E-state index contributed by atoms with van der Waals surface area (Å²) in [6.07, 6.45) is 0.411. The fourth-order valence-electron chi connectivity index (χ4n) is 1.91. The summed E-state index contributed by atoms with van der Waals surface area (Å²) in [5.41, 5.74) is 1.20. The first-order valence-electron chi connectivity index (χ1n) is 6.78. The molecule has 0 saturated carbocycles. The lowest BCUT2D eigenvalue weighted by Crippen LogP contribution is -2.34. The van der Waals surface area contributed by atoms with E-state index in [0.717, 1.165) is 6.54 Å². The van der Waals surface area contributed by atoms with Crippen LogP contribution >= 0.6 is 12.4 Å². The van der Waals surface area contributed by atoms with Gasteiger partial charge in [0.25, 0.3) is 5.91 Å². The first-order valence-corrected chi connectivity index (χ1v) is 6.78. The molecule has 0 aromatic heterocycles. The van der Waals surface area contributed by atoms with Crippen LogP contribution in [0.25, 0.3) is 0 Å². The largest absolute Gasteiger partial charge is 0.340 e. The maximum absolute atomic E-state index is 12.4. The normalized spacial score (nSPS) is 9.71. The Balaban J connectivity index is 0.00000400. The van der Waals surface area contributed by atoms with Crippen LogP contribution in [0.4, 0.5) is 5.69 Å². The Morgan fingerprint density at radius 1 is 1.19 bits per heavy atom. The molecule has 0 heterocycles. The van der Waals surface area contributed by atoms with E-state index < -0.39 is 0 Å². The highest BCUT2D eigenvalue weighted by molar-refractivity contribution is 6.04. The molecular formula is C15H24ClN3O2. The van der Waals surface area contributed by atoms with Crippen LogP contribution < -0.4 is 10.2 Å². The molecule has 0 fully saturated rings. The quantitative estimate of drug-likeness (QED) is 0.871. The van der Waals surface area contributed by atoms with Crippen LogP contribution in [-0.2, 0) is 4.79 Å². The van der Waals surface area contributed by atoms with Crippen molar-refractivity contribution in [2.24, 2.45) is 0 Å². The minimum Gasteiger partial charge on any atom is -0.340 e. The third-order valence-electron chi connectivity index (χ3n) is 3.22.